The molecule has 156 valence electrons. The number of imide groups is 1. The zero-order chi connectivity index (χ0) is 21.7. The number of carbonyl (C=O) groups excluding carboxylic acids is 3. The van der Waals surface area contributed by atoms with Crippen molar-refractivity contribution in [3.05, 3.63) is 65.7 Å². The largest absolute Gasteiger partial charge is 0.465 e. The smallest absolute Gasteiger partial charge is 0.337 e. The third-order valence-corrected chi connectivity index (χ3v) is 5.44. The van der Waals surface area contributed by atoms with Crippen molar-refractivity contribution in [2.24, 2.45) is 0 Å². The van der Waals surface area contributed by atoms with Gasteiger partial charge in [0.15, 0.2) is 5.11 Å². The number of anilines is 1. The van der Waals surface area contributed by atoms with Crippen molar-refractivity contribution in [1.82, 2.24) is 10.2 Å². The van der Waals surface area contributed by atoms with Gasteiger partial charge in [0.2, 0.25) is 5.91 Å². The maximum Gasteiger partial charge on any atom is 0.337 e. The summed E-state index contributed by atoms with van der Waals surface area (Å²) in [5.74, 6) is -1.12. The van der Waals surface area contributed by atoms with Crippen LogP contribution in [-0.4, -0.2) is 54.5 Å². The Kier molecular flexibility index (Phi) is 6.79. The maximum absolute atomic E-state index is 13.1. The van der Waals surface area contributed by atoms with Gasteiger partial charge in [-0.1, -0.05) is 30.3 Å². The first kappa shape index (κ1) is 21.4. The van der Waals surface area contributed by atoms with Gasteiger partial charge in [-0.3, -0.25) is 9.59 Å². The fraction of sp³-hybridized carbons (Fsp3) is 0.273. The second kappa shape index (κ2) is 9.49. The van der Waals surface area contributed by atoms with Gasteiger partial charge in [0.05, 0.1) is 24.8 Å². The summed E-state index contributed by atoms with van der Waals surface area (Å²) in [6, 6.07) is 15.4. The molecule has 1 saturated heterocycles. The second-order valence-electron chi connectivity index (χ2n) is 6.81. The molecule has 2 aromatic rings. The molecule has 7 nitrogen and oxygen atoms in total. The number of hydrogen-bond donors (Lipinski definition) is 1. The fourth-order valence-corrected chi connectivity index (χ4v) is 3.65. The molecule has 1 heterocycles. The van der Waals surface area contributed by atoms with Gasteiger partial charge in [-0.15, -0.1) is 0 Å². The summed E-state index contributed by atoms with van der Waals surface area (Å²) in [6.45, 7) is 0.502. The molecule has 1 atom stereocenters. The Balaban J connectivity index is 1.79. The van der Waals surface area contributed by atoms with Gasteiger partial charge in [-0.2, -0.15) is 0 Å². The standard InChI is InChI=1S/C22H23N3O4S/c1-23-22(30)24(13-12-15-6-4-3-5-7-15)18-14-19(26)25(20(18)27)17-10-8-16(9-11-17)21(28)29-2/h3-11,18H,12-14H2,1-2H3,(H,23,30)/t18-/m0/s1. The topological polar surface area (TPSA) is 79.0 Å². The highest BCUT2D eigenvalue weighted by Gasteiger charge is 2.43. The van der Waals surface area contributed by atoms with Gasteiger partial charge in [-0.05, 0) is 48.5 Å². The summed E-state index contributed by atoms with van der Waals surface area (Å²) in [5.41, 5.74) is 1.88. The zero-order valence-corrected chi connectivity index (χ0v) is 17.6. The normalized spacial score (nSPS) is 15.8. The Bertz CT molecular complexity index is 947. The fourth-order valence-electron chi connectivity index (χ4n) is 3.43. The molecular formula is C22H23N3O4S. The van der Waals surface area contributed by atoms with Crippen LogP contribution in [0.5, 0.6) is 0 Å². The minimum Gasteiger partial charge on any atom is -0.465 e. The lowest BCUT2D eigenvalue weighted by Crippen LogP contribution is -2.49. The predicted octanol–water partition coefficient (Wildman–Crippen LogP) is 2.15. The first-order valence-corrected chi connectivity index (χ1v) is 9.94. The minimum absolute atomic E-state index is 0.0359. The van der Waals surface area contributed by atoms with E-state index in [2.05, 4.69) is 10.1 Å². The molecule has 0 radical (unpaired) electrons. The Labute approximate surface area is 180 Å². The second-order valence-corrected chi connectivity index (χ2v) is 7.20. The summed E-state index contributed by atoms with van der Waals surface area (Å²) in [7, 11) is 2.99. The Morgan fingerprint density at radius 1 is 1.17 bits per heavy atom. The number of benzene rings is 2. The third kappa shape index (κ3) is 4.49. The SMILES string of the molecule is CNC(=S)N(CCc1ccccc1)[C@H]1CC(=O)N(c2ccc(C(=O)OC)cc2)C1=O. The van der Waals surface area contributed by atoms with E-state index in [-0.39, 0.29) is 18.2 Å². The molecule has 0 aliphatic carbocycles. The molecule has 0 bridgehead atoms. The number of methoxy groups -OCH3 is 1. The van der Waals surface area contributed by atoms with E-state index in [0.29, 0.717) is 29.3 Å². The van der Waals surface area contributed by atoms with Crippen molar-refractivity contribution in [3.8, 4) is 0 Å². The molecule has 8 heteroatoms. The molecule has 2 amide bonds. The summed E-state index contributed by atoms with van der Waals surface area (Å²) in [5, 5.41) is 3.34. The van der Waals surface area contributed by atoms with Gasteiger partial charge < -0.3 is 15.0 Å². The average Bonchev–Trinajstić information content (AvgIpc) is 3.07. The summed E-state index contributed by atoms with van der Waals surface area (Å²) >= 11 is 5.42. The molecule has 0 spiro atoms. The van der Waals surface area contributed by atoms with Crippen molar-refractivity contribution in [3.63, 3.8) is 0 Å². The molecule has 1 aliphatic rings. The van der Waals surface area contributed by atoms with Crippen LogP contribution in [0.15, 0.2) is 54.6 Å². The van der Waals surface area contributed by atoms with E-state index < -0.39 is 12.0 Å². The average molecular weight is 426 g/mol. The Morgan fingerprint density at radius 3 is 2.43 bits per heavy atom. The van der Waals surface area contributed by atoms with Crippen LogP contribution in [0.3, 0.4) is 0 Å². The highest BCUT2D eigenvalue weighted by atomic mass is 32.1. The third-order valence-electron chi connectivity index (χ3n) is 5.00. The number of nitrogens with one attached hydrogen (secondary N) is 1. The van der Waals surface area contributed by atoms with Crippen LogP contribution in [0.2, 0.25) is 0 Å². The van der Waals surface area contributed by atoms with Gasteiger partial charge in [0.25, 0.3) is 5.91 Å². The molecule has 1 fully saturated rings. The quantitative estimate of drug-likeness (QED) is 0.432. The number of thiocarbonyl (C=S) groups is 1. The molecule has 3 rings (SSSR count). The lowest BCUT2D eigenvalue weighted by Gasteiger charge is -2.29. The number of amides is 2. The Hall–Kier alpha value is -3.26. The highest BCUT2D eigenvalue weighted by molar-refractivity contribution is 7.80. The van der Waals surface area contributed by atoms with E-state index in [9.17, 15) is 14.4 Å². The summed E-state index contributed by atoms with van der Waals surface area (Å²) < 4.78 is 4.68. The van der Waals surface area contributed by atoms with Crippen LogP contribution in [0.1, 0.15) is 22.3 Å². The zero-order valence-electron chi connectivity index (χ0n) is 16.8. The number of rotatable bonds is 6. The van der Waals surface area contributed by atoms with Crippen LogP contribution < -0.4 is 10.2 Å². The number of esters is 1. The minimum atomic E-state index is -0.679. The van der Waals surface area contributed by atoms with Crippen molar-refractivity contribution >= 4 is 40.8 Å². The molecule has 30 heavy (non-hydrogen) atoms. The molecule has 0 aromatic heterocycles. The van der Waals surface area contributed by atoms with Gasteiger partial charge in [0.1, 0.15) is 6.04 Å². The van der Waals surface area contributed by atoms with E-state index in [1.165, 1.54) is 19.2 Å². The molecule has 0 saturated carbocycles. The van der Waals surface area contributed by atoms with Gasteiger partial charge in [0, 0.05) is 13.6 Å². The van der Waals surface area contributed by atoms with E-state index in [4.69, 9.17) is 12.2 Å². The van der Waals surface area contributed by atoms with Crippen LogP contribution in [-0.2, 0) is 20.7 Å². The number of hydrogen-bond acceptors (Lipinski definition) is 5. The van der Waals surface area contributed by atoms with Crippen LogP contribution in [0.4, 0.5) is 5.69 Å². The molecule has 0 unspecified atom stereocenters. The van der Waals surface area contributed by atoms with E-state index in [1.54, 1.807) is 24.1 Å². The van der Waals surface area contributed by atoms with Crippen LogP contribution in [0, 0.1) is 0 Å². The molecule has 1 aliphatic heterocycles. The van der Waals surface area contributed by atoms with Crippen molar-refractivity contribution < 1.29 is 19.1 Å². The van der Waals surface area contributed by atoms with E-state index >= 15 is 0 Å². The van der Waals surface area contributed by atoms with Crippen LogP contribution in [0.25, 0.3) is 0 Å². The molecule has 2 aromatic carbocycles. The number of carbonyl (C=O) groups is 3. The van der Waals surface area contributed by atoms with Crippen LogP contribution >= 0.6 is 12.2 Å². The monoisotopic (exact) mass is 425 g/mol. The summed E-state index contributed by atoms with van der Waals surface area (Å²) in [4.78, 5) is 40.4. The van der Waals surface area contributed by atoms with Crippen molar-refractivity contribution in [2.75, 3.05) is 25.6 Å². The van der Waals surface area contributed by atoms with Crippen molar-refractivity contribution in [1.29, 1.82) is 0 Å². The lowest BCUT2D eigenvalue weighted by molar-refractivity contribution is -0.122. The first-order valence-electron chi connectivity index (χ1n) is 9.53. The van der Waals surface area contributed by atoms with Gasteiger partial charge >= 0.3 is 5.97 Å². The van der Waals surface area contributed by atoms with Gasteiger partial charge in [-0.25, -0.2) is 9.69 Å². The van der Waals surface area contributed by atoms with E-state index in [0.717, 1.165) is 10.5 Å². The lowest BCUT2D eigenvalue weighted by atomic mass is 10.1. The van der Waals surface area contributed by atoms with Crippen molar-refractivity contribution in [2.45, 2.75) is 18.9 Å². The number of ether oxygens (including phenoxy) is 1. The Morgan fingerprint density at radius 2 is 1.83 bits per heavy atom. The summed E-state index contributed by atoms with van der Waals surface area (Å²) in [6.07, 6.45) is 0.725. The molecule has 1 N–H and O–H groups in total. The first-order chi connectivity index (χ1) is 14.5. The molecular weight excluding hydrogens is 402 g/mol. The number of nitrogens with zero attached hydrogens (tertiary/aromatic N) is 2. The maximum atomic E-state index is 13.1. The highest BCUT2D eigenvalue weighted by Crippen LogP contribution is 2.26. The predicted molar refractivity (Wildman–Crippen MR) is 117 cm³/mol. The van der Waals surface area contributed by atoms with E-state index in [1.807, 2.05) is 30.3 Å².